The van der Waals surface area contributed by atoms with Gasteiger partial charge in [0.2, 0.25) is 0 Å². The Hall–Kier alpha value is -3.20. The highest BCUT2D eigenvalue weighted by molar-refractivity contribution is 6.05. The summed E-state index contributed by atoms with van der Waals surface area (Å²) in [4.78, 5) is 9.46. The predicted octanol–water partition coefficient (Wildman–Crippen LogP) is 1.41. The molecule has 2 aliphatic heterocycles. The van der Waals surface area contributed by atoms with Gasteiger partial charge in [0.1, 0.15) is 17.6 Å². The Labute approximate surface area is 120 Å². The van der Waals surface area contributed by atoms with Crippen molar-refractivity contribution in [1.82, 2.24) is 15.2 Å². The van der Waals surface area contributed by atoms with E-state index in [9.17, 15) is 5.26 Å². The van der Waals surface area contributed by atoms with Crippen molar-refractivity contribution in [3.8, 4) is 6.07 Å². The van der Waals surface area contributed by atoms with E-state index in [1.165, 1.54) is 0 Å². The van der Waals surface area contributed by atoms with Crippen molar-refractivity contribution in [1.29, 1.82) is 5.26 Å². The molecule has 0 spiro atoms. The maximum absolute atomic E-state index is 9.19. The third-order valence-corrected chi connectivity index (χ3v) is 3.70. The number of hydrogen-bond donors (Lipinski definition) is 3. The lowest BCUT2D eigenvalue weighted by atomic mass is 10.1. The first-order valence-electron chi connectivity index (χ1n) is 6.55. The summed E-state index contributed by atoms with van der Waals surface area (Å²) in [5.41, 5.74) is 10.1. The van der Waals surface area contributed by atoms with E-state index in [0.717, 1.165) is 28.0 Å². The molecular formula is C15H12N6. The van der Waals surface area contributed by atoms with E-state index < -0.39 is 0 Å². The maximum atomic E-state index is 9.19. The van der Waals surface area contributed by atoms with Crippen LogP contribution in [0.2, 0.25) is 0 Å². The molecule has 1 aromatic carbocycles. The van der Waals surface area contributed by atoms with Gasteiger partial charge in [0.05, 0.1) is 29.1 Å². The molecule has 2 aromatic rings. The highest BCUT2D eigenvalue weighted by Crippen LogP contribution is 2.29. The van der Waals surface area contributed by atoms with Crippen molar-refractivity contribution in [2.45, 2.75) is 0 Å². The van der Waals surface area contributed by atoms with Crippen LogP contribution >= 0.6 is 0 Å². The molecule has 3 heterocycles. The van der Waals surface area contributed by atoms with Crippen molar-refractivity contribution in [3.63, 3.8) is 0 Å². The van der Waals surface area contributed by atoms with Crippen LogP contribution in [0.15, 0.2) is 47.4 Å². The molecule has 6 heteroatoms. The average molecular weight is 276 g/mol. The third-order valence-electron chi connectivity index (χ3n) is 3.70. The lowest BCUT2D eigenvalue weighted by Gasteiger charge is -2.18. The Bertz CT molecular complexity index is 877. The van der Waals surface area contributed by atoms with Gasteiger partial charge in [-0.25, -0.2) is 4.99 Å². The second-order valence-electron chi connectivity index (χ2n) is 4.91. The molecule has 2 aliphatic rings. The Morgan fingerprint density at radius 1 is 1.38 bits per heavy atom. The first kappa shape index (κ1) is 11.6. The molecule has 6 nitrogen and oxygen atoms in total. The number of hydrogen-bond acceptors (Lipinski definition) is 5. The van der Waals surface area contributed by atoms with Crippen molar-refractivity contribution in [2.75, 3.05) is 6.67 Å². The minimum absolute atomic E-state index is 0.483. The van der Waals surface area contributed by atoms with Crippen molar-refractivity contribution >= 4 is 22.4 Å². The fourth-order valence-electron chi connectivity index (χ4n) is 2.74. The number of nitrogens with zero attached hydrogens (tertiary/aromatic N) is 3. The number of fused-ring (bicyclic) bond motifs is 2. The van der Waals surface area contributed by atoms with E-state index in [4.69, 9.17) is 5.73 Å². The lowest BCUT2D eigenvalue weighted by Crippen LogP contribution is -2.28. The van der Waals surface area contributed by atoms with Gasteiger partial charge in [0, 0.05) is 17.8 Å². The number of nitriles is 1. The molecule has 21 heavy (non-hydrogen) atoms. The molecule has 4 rings (SSSR count). The minimum Gasteiger partial charge on any atom is -0.382 e. The van der Waals surface area contributed by atoms with E-state index in [1.54, 1.807) is 12.3 Å². The molecule has 0 radical (unpaired) electrons. The first-order valence-corrected chi connectivity index (χ1v) is 6.55. The number of H-pyrrole nitrogens is 1. The number of aromatic amines is 1. The number of rotatable bonds is 1. The van der Waals surface area contributed by atoms with Crippen LogP contribution in [0.4, 0.5) is 0 Å². The normalized spacial score (nSPS) is 16.7. The van der Waals surface area contributed by atoms with Gasteiger partial charge in [0.25, 0.3) is 0 Å². The molecule has 4 N–H and O–H groups in total. The van der Waals surface area contributed by atoms with Gasteiger partial charge < -0.3 is 20.9 Å². The van der Waals surface area contributed by atoms with Crippen LogP contribution in [0, 0.1) is 11.3 Å². The quantitative estimate of drug-likeness (QED) is 0.734. The molecule has 0 saturated carbocycles. The van der Waals surface area contributed by atoms with Gasteiger partial charge in [-0.1, -0.05) is 12.1 Å². The second kappa shape index (κ2) is 4.15. The monoisotopic (exact) mass is 276 g/mol. The fourth-order valence-corrected chi connectivity index (χ4v) is 2.74. The molecule has 0 amide bonds. The first-order chi connectivity index (χ1) is 10.3. The topological polar surface area (TPSA) is 93.2 Å². The summed E-state index contributed by atoms with van der Waals surface area (Å²) >= 11 is 0. The molecular weight excluding hydrogens is 264 g/mol. The molecule has 0 unspecified atom stereocenters. The van der Waals surface area contributed by atoms with Crippen molar-refractivity contribution in [2.24, 2.45) is 10.7 Å². The summed E-state index contributed by atoms with van der Waals surface area (Å²) in [6, 6.07) is 9.87. The summed E-state index contributed by atoms with van der Waals surface area (Å²) in [5.74, 6) is 0.483. The minimum atomic E-state index is 0.483. The number of aromatic nitrogens is 1. The molecule has 0 saturated heterocycles. The van der Waals surface area contributed by atoms with E-state index in [-0.39, 0.29) is 0 Å². The van der Waals surface area contributed by atoms with Crippen LogP contribution in [-0.2, 0) is 0 Å². The Morgan fingerprint density at radius 3 is 3.14 bits per heavy atom. The Kier molecular flexibility index (Phi) is 2.29. The number of benzene rings is 1. The summed E-state index contributed by atoms with van der Waals surface area (Å²) in [5, 5.41) is 13.5. The molecule has 0 aliphatic carbocycles. The number of nitrogens with two attached hydrogens (primary N) is 1. The molecule has 0 bridgehead atoms. The molecule has 0 atom stereocenters. The average Bonchev–Trinajstić information content (AvgIpc) is 3.10. The van der Waals surface area contributed by atoms with E-state index in [2.05, 4.69) is 21.4 Å². The van der Waals surface area contributed by atoms with Crippen molar-refractivity contribution < 1.29 is 0 Å². The second-order valence-corrected chi connectivity index (χ2v) is 4.91. The highest BCUT2D eigenvalue weighted by atomic mass is 15.3. The standard InChI is InChI=1S/C15H12N6/c16-7-10-3-1-2-9-6-11(20-12(9)10)13-14-15(17)18-4-5-21(14)8-19-13/h1-6,19-20H,8H2,(H2,17,18). The van der Waals surface area contributed by atoms with E-state index in [0.29, 0.717) is 18.1 Å². The summed E-state index contributed by atoms with van der Waals surface area (Å²) in [7, 11) is 0. The SMILES string of the molecule is N#Cc1cccc2cc(C3=C4C(N)=NC=CN4CN3)[nH]c12. The summed E-state index contributed by atoms with van der Waals surface area (Å²) in [6.45, 7) is 0.651. The smallest absolute Gasteiger partial charge is 0.149 e. The van der Waals surface area contributed by atoms with Crippen LogP contribution in [0.1, 0.15) is 11.3 Å². The van der Waals surface area contributed by atoms with Crippen molar-refractivity contribution in [3.05, 3.63) is 53.6 Å². The molecule has 0 fully saturated rings. The van der Waals surface area contributed by atoms with Gasteiger partial charge in [0.15, 0.2) is 0 Å². The van der Waals surface area contributed by atoms with E-state index in [1.807, 2.05) is 29.3 Å². The van der Waals surface area contributed by atoms with Crippen LogP contribution < -0.4 is 11.1 Å². The van der Waals surface area contributed by atoms with Gasteiger partial charge >= 0.3 is 0 Å². The van der Waals surface area contributed by atoms with Crippen LogP contribution in [-0.4, -0.2) is 22.4 Å². The number of nitrogens with one attached hydrogen (secondary N) is 2. The fraction of sp³-hybridized carbons (Fsp3) is 0.0667. The number of amidine groups is 1. The third kappa shape index (κ3) is 1.61. The zero-order valence-electron chi connectivity index (χ0n) is 11.1. The van der Waals surface area contributed by atoms with Crippen LogP contribution in [0.25, 0.3) is 16.6 Å². The highest BCUT2D eigenvalue weighted by Gasteiger charge is 2.27. The van der Waals surface area contributed by atoms with Crippen LogP contribution in [0.3, 0.4) is 0 Å². The van der Waals surface area contributed by atoms with E-state index >= 15 is 0 Å². The van der Waals surface area contributed by atoms with Gasteiger partial charge in [-0.05, 0) is 12.1 Å². The molecule has 102 valence electrons. The van der Waals surface area contributed by atoms with Gasteiger partial charge in [-0.2, -0.15) is 5.26 Å². The Morgan fingerprint density at radius 2 is 2.29 bits per heavy atom. The largest absolute Gasteiger partial charge is 0.382 e. The molecule has 1 aromatic heterocycles. The predicted molar refractivity (Wildman–Crippen MR) is 80.5 cm³/mol. The number of aliphatic imine (C=N–C) groups is 1. The zero-order valence-corrected chi connectivity index (χ0v) is 11.1. The van der Waals surface area contributed by atoms with Crippen LogP contribution in [0.5, 0.6) is 0 Å². The summed E-state index contributed by atoms with van der Waals surface area (Å²) < 4.78 is 0. The zero-order chi connectivity index (χ0) is 14.4. The maximum Gasteiger partial charge on any atom is 0.149 e. The summed E-state index contributed by atoms with van der Waals surface area (Å²) in [6.07, 6.45) is 3.57. The lowest BCUT2D eigenvalue weighted by molar-refractivity contribution is 0.502. The van der Waals surface area contributed by atoms with Gasteiger partial charge in [-0.3, -0.25) is 0 Å². The Balaban J connectivity index is 1.92. The van der Waals surface area contributed by atoms with Gasteiger partial charge in [-0.15, -0.1) is 0 Å². The number of para-hydroxylation sites is 1.